The van der Waals surface area contributed by atoms with Gasteiger partial charge in [-0.3, -0.25) is 0 Å². The predicted octanol–water partition coefficient (Wildman–Crippen LogP) is 22.1. The monoisotopic (exact) mass is 1340 g/mol. The van der Waals surface area contributed by atoms with Crippen molar-refractivity contribution in [1.29, 1.82) is 0 Å². The first-order chi connectivity index (χ1) is 51.7. The summed E-state index contributed by atoms with van der Waals surface area (Å²) in [6.07, 6.45) is 0. The summed E-state index contributed by atoms with van der Waals surface area (Å²) in [5, 5.41) is 0. The van der Waals surface area contributed by atoms with Crippen molar-refractivity contribution < 1.29 is 0 Å². The molecule has 4 heterocycles. The van der Waals surface area contributed by atoms with Gasteiger partial charge < -0.3 is 24.5 Å². The van der Waals surface area contributed by atoms with Gasteiger partial charge in [0.15, 0.2) is 0 Å². The Morgan fingerprint density at radius 1 is 0.221 bits per heavy atom. The van der Waals surface area contributed by atoms with Crippen molar-refractivity contribution in [2.75, 3.05) is 24.5 Å². The van der Waals surface area contributed by atoms with Gasteiger partial charge in [0, 0.05) is 94.6 Å². The minimum Gasteiger partial charge on any atom is -0.311 e. The fraction of sp³-hybridized carbons (Fsp3) is 0. The van der Waals surface area contributed by atoms with Crippen LogP contribution in [0.3, 0.4) is 0 Å². The molecule has 0 fully saturated rings. The maximum atomic E-state index is 2.69. The topological polar surface area (TPSA) is 16.2 Å². The highest BCUT2D eigenvalue weighted by molar-refractivity contribution is 8.00. The number of anilines is 15. The lowest BCUT2D eigenvalue weighted by Crippen LogP contribution is -2.64. The zero-order valence-electron chi connectivity index (χ0n) is 56.8. The molecule has 5 nitrogen and oxygen atoms in total. The first-order valence-electron chi connectivity index (χ1n) is 35.8. The molecule has 4 aliphatic rings. The Kier molecular flexibility index (Phi) is 15.0. The number of hydrogen-bond donors (Lipinski definition) is 0. The Labute approximate surface area is 612 Å². The normalized spacial score (nSPS) is 12.7. The maximum absolute atomic E-state index is 2.69. The SMILES string of the molecule is c1ccc(-c2ccccc2N(c2ccccc2)c2cc3c4c(c2)N(c2ccccc2-c2ccccc2)c2ccccc2B4c2cc4c(cc2S3)N(c2c(-c3ccccc3)cccc2-c2ccccc2)c2cc(N(c3ccccc3)c3ccccc3)cc3c2B4c2ccccc2N3c2ccccc2)cc1. The zero-order valence-corrected chi connectivity index (χ0v) is 57.6. The van der Waals surface area contributed by atoms with E-state index in [2.05, 4.69) is 419 Å². The molecule has 16 aromatic rings. The molecule has 0 radical (unpaired) electrons. The van der Waals surface area contributed by atoms with E-state index in [4.69, 9.17) is 0 Å². The van der Waals surface area contributed by atoms with Crippen LogP contribution < -0.4 is 57.3 Å². The Morgan fingerprint density at radius 2 is 0.615 bits per heavy atom. The first-order valence-corrected chi connectivity index (χ1v) is 36.6. The van der Waals surface area contributed by atoms with Gasteiger partial charge in [0.05, 0.1) is 22.7 Å². The number of hydrogen-bond acceptors (Lipinski definition) is 6. The zero-order chi connectivity index (χ0) is 68.6. The lowest BCUT2D eigenvalue weighted by molar-refractivity contribution is 1.22. The van der Waals surface area contributed by atoms with Crippen molar-refractivity contribution in [3.05, 3.63) is 394 Å². The average molecular weight is 1340 g/mol. The van der Waals surface area contributed by atoms with E-state index in [0.717, 1.165) is 130 Å². The van der Waals surface area contributed by atoms with E-state index in [1.54, 1.807) is 0 Å². The van der Waals surface area contributed by atoms with Gasteiger partial charge in [0.2, 0.25) is 6.71 Å². The van der Waals surface area contributed by atoms with E-state index in [-0.39, 0.29) is 13.4 Å². The second-order valence-corrected chi connectivity index (χ2v) is 28.1. The van der Waals surface area contributed by atoms with Gasteiger partial charge in [-0.1, -0.05) is 308 Å². The fourth-order valence-electron chi connectivity index (χ4n) is 16.9. The van der Waals surface area contributed by atoms with E-state index in [1.807, 2.05) is 11.8 Å². The summed E-state index contributed by atoms with van der Waals surface area (Å²) in [7, 11) is 0. The van der Waals surface area contributed by atoms with Gasteiger partial charge in [-0.05, 0) is 153 Å². The molecule has 0 aromatic heterocycles. The second-order valence-electron chi connectivity index (χ2n) is 27.0. The number of nitrogens with zero attached hydrogens (tertiary/aromatic N) is 5. The van der Waals surface area contributed by atoms with Gasteiger partial charge in [0.25, 0.3) is 6.71 Å². The highest BCUT2D eigenvalue weighted by Gasteiger charge is 2.48. The minimum absolute atomic E-state index is 0.174. The number of para-hydroxylation sites is 9. The van der Waals surface area contributed by atoms with Crippen LogP contribution in [0.2, 0.25) is 0 Å². The lowest BCUT2D eigenvalue weighted by Gasteiger charge is -2.46. The van der Waals surface area contributed by atoms with Gasteiger partial charge in [0.1, 0.15) is 0 Å². The summed E-state index contributed by atoms with van der Waals surface area (Å²) < 4.78 is 0. The van der Waals surface area contributed by atoms with Crippen LogP contribution in [0.1, 0.15) is 0 Å². The molecule has 4 aliphatic heterocycles. The van der Waals surface area contributed by atoms with E-state index in [1.165, 1.54) is 42.6 Å². The third kappa shape index (κ3) is 10.1. The van der Waals surface area contributed by atoms with E-state index in [9.17, 15) is 0 Å². The van der Waals surface area contributed by atoms with Crippen molar-refractivity contribution in [1.82, 2.24) is 0 Å². The van der Waals surface area contributed by atoms with Gasteiger partial charge in [-0.15, -0.1) is 0 Å². The first kappa shape index (κ1) is 60.9. The third-order valence-corrected chi connectivity index (χ3v) is 22.3. The largest absolute Gasteiger partial charge is 0.311 e. The molecule has 0 aliphatic carbocycles. The number of fused-ring (bicyclic) bond motifs is 8. The van der Waals surface area contributed by atoms with Crippen LogP contribution in [-0.2, 0) is 0 Å². The van der Waals surface area contributed by atoms with Crippen molar-refractivity contribution in [2.45, 2.75) is 9.79 Å². The van der Waals surface area contributed by atoms with Gasteiger partial charge in [-0.2, -0.15) is 0 Å². The quantitative estimate of drug-likeness (QED) is 0.106. The molecule has 0 spiro atoms. The molecular formula is C96H65B2N5S. The molecule has 486 valence electrons. The van der Waals surface area contributed by atoms with Gasteiger partial charge in [-0.25, -0.2) is 0 Å². The standard InChI is InChI=1S/C96H65B2N5S/c1-9-34-66(35-10-1)76-50-25-29-56-84(76)100(72-46-21-7-22-47-72)75-62-91-95-93(63-75)104-92-65-88-82(64-83(92)98(95)81-55-28-32-59-87(81)102(91)85-57-30-26-51-77(85)67-36-11-2-12-37-67)97-80-54-27-31-58-86(80)101(73-48-23-8-24-49-73)89-60-74(99(70-42-17-5-18-43-70)71-44-19-6-20-45-71)61-90(94(89)97)103(88)96-78(68-38-13-3-14-39-68)52-33-53-79(96)69-40-15-4-16-41-69/h1-65H. The summed E-state index contributed by atoms with van der Waals surface area (Å²) in [5.74, 6) is 0. The fourth-order valence-corrected chi connectivity index (χ4v) is 18.1. The molecule has 104 heavy (non-hydrogen) atoms. The van der Waals surface area contributed by atoms with Crippen LogP contribution in [0.15, 0.2) is 404 Å². The summed E-state index contributed by atoms with van der Waals surface area (Å²) in [6.45, 7) is -0.384. The molecule has 0 bridgehead atoms. The van der Waals surface area contributed by atoms with Gasteiger partial charge >= 0.3 is 0 Å². The Morgan fingerprint density at radius 3 is 1.17 bits per heavy atom. The summed E-state index contributed by atoms with van der Waals surface area (Å²) in [4.78, 5) is 15.2. The predicted molar refractivity (Wildman–Crippen MR) is 441 cm³/mol. The smallest absolute Gasteiger partial charge is 0.252 e. The van der Waals surface area contributed by atoms with E-state index in [0.29, 0.717) is 0 Å². The van der Waals surface area contributed by atoms with Crippen molar-refractivity contribution in [3.8, 4) is 44.5 Å². The van der Waals surface area contributed by atoms with E-state index < -0.39 is 0 Å². The Balaban J connectivity index is 0.909. The number of benzene rings is 16. The molecule has 8 heteroatoms. The molecule has 20 rings (SSSR count). The highest BCUT2D eigenvalue weighted by atomic mass is 32.2. The summed E-state index contributed by atoms with van der Waals surface area (Å²) in [6, 6.07) is 146. The van der Waals surface area contributed by atoms with Crippen LogP contribution >= 0.6 is 11.8 Å². The highest BCUT2D eigenvalue weighted by Crippen LogP contribution is 2.55. The Bertz CT molecular complexity index is 5840. The van der Waals surface area contributed by atoms with Crippen molar-refractivity contribution in [2.24, 2.45) is 0 Å². The molecule has 0 saturated heterocycles. The molecule has 0 N–H and O–H groups in total. The number of rotatable bonds is 13. The van der Waals surface area contributed by atoms with Crippen LogP contribution in [0, 0.1) is 0 Å². The molecular weight excluding hydrogens is 1280 g/mol. The lowest BCUT2D eigenvalue weighted by atomic mass is 9.31. The minimum atomic E-state index is -0.210. The Hall–Kier alpha value is -13.0. The van der Waals surface area contributed by atoms with Crippen LogP contribution in [-0.4, -0.2) is 13.4 Å². The molecule has 0 saturated carbocycles. The van der Waals surface area contributed by atoms with Crippen LogP contribution in [0.5, 0.6) is 0 Å². The summed E-state index contributed by atoms with van der Waals surface area (Å²) in [5.41, 5.74) is 33.3. The van der Waals surface area contributed by atoms with Crippen molar-refractivity contribution >= 4 is 143 Å². The molecule has 0 unspecified atom stereocenters. The third-order valence-electron chi connectivity index (χ3n) is 21.2. The molecule has 16 aromatic carbocycles. The van der Waals surface area contributed by atoms with Crippen LogP contribution in [0.4, 0.5) is 85.3 Å². The van der Waals surface area contributed by atoms with E-state index >= 15 is 0 Å². The summed E-state index contributed by atoms with van der Waals surface area (Å²) >= 11 is 1.91. The average Bonchev–Trinajstić information content (AvgIpc) is 0.686. The van der Waals surface area contributed by atoms with Crippen molar-refractivity contribution in [3.63, 3.8) is 0 Å². The molecule has 0 atom stereocenters. The maximum Gasteiger partial charge on any atom is 0.252 e. The molecule has 0 amide bonds. The van der Waals surface area contributed by atoms with Crippen LogP contribution in [0.25, 0.3) is 44.5 Å². The second kappa shape index (κ2) is 25.6.